The van der Waals surface area contributed by atoms with Crippen molar-refractivity contribution in [3.63, 3.8) is 0 Å². The fourth-order valence-corrected chi connectivity index (χ4v) is 5.85. The molecule has 4 aliphatic rings. The van der Waals surface area contributed by atoms with Gasteiger partial charge in [0.05, 0.1) is 25.3 Å². The van der Waals surface area contributed by atoms with Gasteiger partial charge in [-0.2, -0.15) is 0 Å². The first-order valence-electron chi connectivity index (χ1n) is 14.8. The quantitative estimate of drug-likeness (QED) is 0.101. The largest absolute Gasteiger partial charge is 0.394 e. The Morgan fingerprint density at radius 3 is 1.49 bits per heavy atom. The van der Waals surface area contributed by atoms with Crippen molar-refractivity contribution >= 4 is 11.6 Å². The van der Waals surface area contributed by atoms with Crippen LogP contribution in [-0.2, 0) is 42.7 Å². The Balaban J connectivity index is 1.52. The van der Waals surface area contributed by atoms with Crippen molar-refractivity contribution in [3.05, 3.63) is 0 Å². The lowest BCUT2D eigenvalue weighted by Crippen LogP contribution is -2.69. The van der Waals surface area contributed by atoms with Crippen molar-refractivity contribution in [1.82, 2.24) is 0 Å². The number of carbonyl (C=O) groups excluding carboxylic acids is 2. The van der Waals surface area contributed by atoms with Gasteiger partial charge in [-0.15, -0.1) is 0 Å². The summed E-state index contributed by atoms with van der Waals surface area (Å²) in [6.07, 6.45) is -31.2. The Morgan fingerprint density at radius 1 is 0.532 bits per heavy atom. The molecule has 4 saturated heterocycles. The Labute approximate surface area is 267 Å². The third-order valence-electron chi connectivity index (χ3n) is 8.61. The number of nitrogens with two attached hydrogens (primary N) is 2. The highest BCUT2D eigenvalue weighted by atomic mass is 16.8. The second-order valence-electron chi connectivity index (χ2n) is 11.9. The van der Waals surface area contributed by atoms with Crippen molar-refractivity contribution in [2.75, 3.05) is 13.2 Å². The van der Waals surface area contributed by atoms with E-state index >= 15 is 0 Å². The maximum Gasteiger partial charge on any atom is 0.187 e. The number of rotatable bonds is 10. The molecule has 0 aliphatic carbocycles. The Bertz CT molecular complexity index is 1080. The fourth-order valence-electron chi connectivity index (χ4n) is 5.85. The maximum atomic E-state index is 12.7. The highest BCUT2D eigenvalue weighted by Gasteiger charge is 2.55. The zero-order valence-electron chi connectivity index (χ0n) is 25.3. The molecule has 47 heavy (non-hydrogen) atoms. The smallest absolute Gasteiger partial charge is 0.187 e. The molecule has 0 saturated carbocycles. The third kappa shape index (κ3) is 7.68. The molecule has 0 radical (unpaired) electrons. The van der Waals surface area contributed by atoms with E-state index < -0.39 is 147 Å². The van der Waals surface area contributed by atoms with E-state index in [0.29, 0.717) is 0 Å². The topological polar surface area (TPSA) is 353 Å². The summed E-state index contributed by atoms with van der Waals surface area (Å²) in [7, 11) is 0. The average Bonchev–Trinajstić information content (AvgIpc) is 3.02. The van der Waals surface area contributed by atoms with E-state index in [4.69, 9.17) is 44.6 Å². The van der Waals surface area contributed by atoms with Crippen LogP contribution in [0.1, 0.15) is 13.8 Å². The molecule has 0 aromatic carbocycles. The number of carbonyl (C=O) groups is 2. The van der Waals surface area contributed by atoms with Crippen LogP contribution in [0.2, 0.25) is 0 Å². The van der Waals surface area contributed by atoms with E-state index in [0.717, 1.165) is 13.8 Å². The summed E-state index contributed by atoms with van der Waals surface area (Å²) < 4.78 is 38.5. The Kier molecular flexibility index (Phi) is 12.8. The lowest BCUT2D eigenvalue weighted by Gasteiger charge is -2.49. The van der Waals surface area contributed by atoms with Gasteiger partial charge in [0.25, 0.3) is 0 Å². The van der Waals surface area contributed by atoms with E-state index in [1.807, 2.05) is 0 Å². The molecule has 20 atom stereocenters. The van der Waals surface area contributed by atoms with E-state index in [1.165, 1.54) is 0 Å². The summed E-state index contributed by atoms with van der Waals surface area (Å²) in [6, 6.07) is -2.98. The molecule has 0 aromatic heterocycles. The zero-order valence-corrected chi connectivity index (χ0v) is 25.3. The van der Waals surface area contributed by atoms with E-state index in [1.54, 1.807) is 0 Å². The van der Waals surface area contributed by atoms with Crippen LogP contribution in [-0.4, -0.2) is 199 Å². The summed E-state index contributed by atoms with van der Waals surface area (Å²) in [6.45, 7) is 0.503. The number of aliphatic hydroxyl groups excluding tert-OH is 10. The lowest BCUT2D eigenvalue weighted by molar-refractivity contribution is -0.365. The molecule has 0 amide bonds. The monoisotopic (exact) mass is 688 g/mol. The van der Waals surface area contributed by atoms with Gasteiger partial charge in [-0.25, -0.2) is 0 Å². The standard InChI is InChI=1S/C26H44N2O19/c1-5(31)18-14(36)13(35)16(38)25(43-18)46-21-10(28)24(42-8(4-30)12(21)34)47-22-15(37)17(39)26(44-19(22)6(2)32)45-20-9(27)23(40)41-7(3-29)11(20)33/h7-26,29-30,33-40H,3-4,27-28H2,1-2H3/t7-,8-,9-,10-,11-,12-,13+,14+,15-,16-,17-,18-,19-,20-,21-,22+,23-,24+,25+,26+/m1/s1. The van der Waals surface area contributed by atoms with Crippen LogP contribution in [0.25, 0.3) is 0 Å². The minimum Gasteiger partial charge on any atom is -0.394 e. The summed E-state index contributed by atoms with van der Waals surface area (Å²) in [5, 5.41) is 103. The summed E-state index contributed by atoms with van der Waals surface area (Å²) in [4.78, 5) is 24.6. The number of Topliss-reactive ketones (excluding diaryl/α,β-unsaturated/α-hetero) is 2. The molecule has 0 bridgehead atoms. The molecule has 4 aliphatic heterocycles. The minimum absolute atomic E-state index is 0.719. The van der Waals surface area contributed by atoms with Crippen molar-refractivity contribution in [3.8, 4) is 0 Å². The SMILES string of the molecule is CC(=O)[C@H]1O[C@@H](O[C@@H]2[C@@H](N)[C@H](O[C@H]3[C@H](O)[C@@H](O)[C@H](O[C@@H]4[C@@H](N)[C@H](O)O[C@H](CO)[C@H]4O)O[C@@H]3C(C)=O)O[C@H](CO)[C@H]2O)[C@H](O)[C@@H](O)[C@@H]1O. The highest BCUT2D eigenvalue weighted by molar-refractivity contribution is 5.81. The predicted molar refractivity (Wildman–Crippen MR) is 145 cm³/mol. The first-order valence-corrected chi connectivity index (χ1v) is 14.8. The summed E-state index contributed by atoms with van der Waals surface area (Å²) in [5.74, 6) is -1.49. The van der Waals surface area contributed by atoms with Crippen molar-refractivity contribution in [2.45, 2.75) is 137 Å². The molecular formula is C26H44N2O19. The van der Waals surface area contributed by atoms with Gasteiger partial charge in [0.1, 0.15) is 85.5 Å². The van der Waals surface area contributed by atoms with Gasteiger partial charge in [0.2, 0.25) is 0 Å². The van der Waals surface area contributed by atoms with Gasteiger partial charge in [0.15, 0.2) is 36.7 Å². The number of aliphatic hydroxyl groups is 10. The van der Waals surface area contributed by atoms with Gasteiger partial charge in [-0.1, -0.05) is 0 Å². The van der Waals surface area contributed by atoms with Crippen LogP contribution in [0.3, 0.4) is 0 Å². The maximum absolute atomic E-state index is 12.7. The summed E-state index contributed by atoms with van der Waals surface area (Å²) >= 11 is 0. The van der Waals surface area contributed by atoms with E-state index in [9.17, 15) is 60.7 Å². The number of ketones is 2. The Hall–Kier alpha value is -1.42. The van der Waals surface area contributed by atoms with E-state index in [-0.39, 0.29) is 0 Å². The van der Waals surface area contributed by atoms with Crippen LogP contribution in [0.4, 0.5) is 0 Å². The van der Waals surface area contributed by atoms with Crippen molar-refractivity contribution in [2.24, 2.45) is 11.5 Å². The van der Waals surface area contributed by atoms with Gasteiger partial charge in [0, 0.05) is 0 Å². The lowest BCUT2D eigenvalue weighted by atomic mass is 9.93. The van der Waals surface area contributed by atoms with Crippen LogP contribution >= 0.6 is 0 Å². The van der Waals surface area contributed by atoms with Gasteiger partial charge in [-0.05, 0) is 13.8 Å². The second kappa shape index (κ2) is 15.6. The number of ether oxygens (including phenoxy) is 7. The molecule has 21 heteroatoms. The third-order valence-corrected chi connectivity index (χ3v) is 8.61. The van der Waals surface area contributed by atoms with Crippen LogP contribution in [0.15, 0.2) is 0 Å². The fraction of sp³-hybridized carbons (Fsp3) is 0.923. The minimum atomic E-state index is -2.00. The molecule has 4 rings (SSSR count). The molecule has 0 spiro atoms. The van der Waals surface area contributed by atoms with Crippen LogP contribution in [0.5, 0.6) is 0 Å². The van der Waals surface area contributed by atoms with E-state index in [2.05, 4.69) is 0 Å². The molecular weight excluding hydrogens is 644 g/mol. The first-order chi connectivity index (χ1) is 22.0. The number of hydrogen-bond acceptors (Lipinski definition) is 21. The molecule has 0 unspecified atom stereocenters. The summed E-state index contributed by atoms with van der Waals surface area (Å²) in [5.41, 5.74) is 12.1. The molecule has 0 aromatic rings. The predicted octanol–water partition coefficient (Wildman–Crippen LogP) is -8.62. The van der Waals surface area contributed by atoms with Crippen LogP contribution in [0, 0.1) is 0 Å². The van der Waals surface area contributed by atoms with Gasteiger partial charge >= 0.3 is 0 Å². The molecule has 4 heterocycles. The molecule has 14 N–H and O–H groups in total. The molecule has 4 fully saturated rings. The molecule has 21 nitrogen and oxygen atoms in total. The zero-order chi connectivity index (χ0) is 35.1. The van der Waals surface area contributed by atoms with Crippen molar-refractivity contribution in [1.29, 1.82) is 0 Å². The average molecular weight is 689 g/mol. The molecule has 272 valence electrons. The highest BCUT2D eigenvalue weighted by Crippen LogP contribution is 2.34. The normalized spacial score (nSPS) is 51.0. The first kappa shape index (κ1) is 38.4. The van der Waals surface area contributed by atoms with Crippen molar-refractivity contribution < 1.29 is 93.8 Å². The number of hydrogen-bond donors (Lipinski definition) is 12. The van der Waals surface area contributed by atoms with Gasteiger partial charge < -0.3 is 95.7 Å². The second-order valence-corrected chi connectivity index (χ2v) is 11.9. The Morgan fingerprint density at radius 2 is 0.979 bits per heavy atom. The van der Waals surface area contributed by atoms with Crippen LogP contribution < -0.4 is 11.5 Å². The van der Waals surface area contributed by atoms with Gasteiger partial charge in [-0.3, -0.25) is 9.59 Å².